The van der Waals surface area contributed by atoms with E-state index in [-0.39, 0.29) is 46.2 Å². The third kappa shape index (κ3) is 3.82. The Morgan fingerprint density at radius 3 is 2.23 bits per heavy atom. The molecule has 43 heavy (non-hydrogen) atoms. The topological polar surface area (TPSA) is 83.8 Å². The monoisotopic (exact) mass is 588 g/mol. The third-order valence-corrected chi connectivity index (χ3v) is 14.8. The number of aliphatic hydroxyl groups excluding tert-OH is 2. The molecule has 0 spiro atoms. The molecule has 11 atom stereocenters. The number of Topliss-reactive ketones (excluding diaryl/α,β-unsaturated/α-hetero) is 1. The van der Waals surface area contributed by atoms with Gasteiger partial charge in [-0.1, -0.05) is 65.0 Å². The van der Waals surface area contributed by atoms with E-state index in [2.05, 4.69) is 54.2 Å². The van der Waals surface area contributed by atoms with Crippen molar-refractivity contribution >= 4 is 17.8 Å². The summed E-state index contributed by atoms with van der Waals surface area (Å²) in [7, 11) is 0. The van der Waals surface area contributed by atoms with Crippen molar-refractivity contribution in [2.24, 2.45) is 56.7 Å². The van der Waals surface area contributed by atoms with Gasteiger partial charge >= 0.3 is 0 Å². The van der Waals surface area contributed by atoms with E-state index in [1.54, 1.807) is 6.92 Å². The van der Waals surface area contributed by atoms with Gasteiger partial charge in [-0.05, 0) is 122 Å². The zero-order valence-electron chi connectivity index (χ0n) is 27.3. The van der Waals surface area contributed by atoms with Gasteiger partial charge in [0.05, 0.1) is 12.2 Å². The Kier molecular flexibility index (Phi) is 7.07. The van der Waals surface area contributed by atoms with Gasteiger partial charge in [0, 0.05) is 16.2 Å². The average Bonchev–Trinajstić information content (AvgIpc) is 3.33. The van der Waals surface area contributed by atoms with Crippen LogP contribution in [0.1, 0.15) is 99.0 Å². The van der Waals surface area contributed by atoms with Crippen LogP contribution in [0.5, 0.6) is 5.75 Å². The number of rotatable bonds is 5. The highest BCUT2D eigenvalue weighted by atomic mass is 16.5. The Balaban J connectivity index is 1.42. The van der Waals surface area contributed by atoms with Crippen molar-refractivity contribution in [1.29, 1.82) is 0 Å². The van der Waals surface area contributed by atoms with E-state index in [0.29, 0.717) is 25.1 Å². The van der Waals surface area contributed by atoms with E-state index in [0.717, 1.165) is 43.2 Å². The van der Waals surface area contributed by atoms with Crippen LogP contribution in [0.25, 0.3) is 5.57 Å². The quantitative estimate of drug-likeness (QED) is 0.277. The van der Waals surface area contributed by atoms with E-state index < -0.39 is 28.5 Å². The zero-order chi connectivity index (χ0) is 31.3. The van der Waals surface area contributed by atoms with Crippen LogP contribution in [0, 0.1) is 56.7 Å². The fourth-order valence-electron chi connectivity index (χ4n) is 12.6. The van der Waals surface area contributed by atoms with Crippen LogP contribution in [0.2, 0.25) is 0 Å². The first-order valence-electron chi connectivity index (χ1n) is 16.5. The molecule has 0 saturated heterocycles. The molecule has 0 unspecified atom stereocenters. The van der Waals surface area contributed by atoms with Crippen molar-refractivity contribution < 1.29 is 24.5 Å². The van der Waals surface area contributed by atoms with E-state index in [9.17, 15) is 19.8 Å². The lowest BCUT2D eigenvalue weighted by Crippen LogP contribution is -2.73. The molecule has 5 aliphatic rings. The Labute approximate surface area is 258 Å². The highest BCUT2D eigenvalue weighted by molar-refractivity contribution is 5.83. The summed E-state index contributed by atoms with van der Waals surface area (Å²) in [5, 5.41) is 24.7. The largest absolute Gasteiger partial charge is 0.429 e. The summed E-state index contributed by atoms with van der Waals surface area (Å²) in [6.07, 6.45) is 7.09. The summed E-state index contributed by atoms with van der Waals surface area (Å²) in [6.45, 7) is 20.4. The number of hydrogen-bond donors (Lipinski definition) is 2. The second-order valence-electron chi connectivity index (χ2n) is 16.3. The molecule has 0 heterocycles. The van der Waals surface area contributed by atoms with Crippen LogP contribution in [-0.4, -0.2) is 34.7 Å². The lowest BCUT2D eigenvalue weighted by atomic mass is 9.31. The van der Waals surface area contributed by atoms with Gasteiger partial charge < -0.3 is 14.9 Å². The predicted molar refractivity (Wildman–Crippen MR) is 169 cm³/mol. The van der Waals surface area contributed by atoms with E-state index in [1.807, 2.05) is 24.3 Å². The molecule has 0 aromatic heterocycles. The second-order valence-corrected chi connectivity index (χ2v) is 16.3. The number of benzene rings is 1. The normalized spacial score (nSPS) is 46.3. The molecule has 2 N–H and O–H groups in total. The Morgan fingerprint density at radius 1 is 0.953 bits per heavy atom. The Hall–Kier alpha value is -2.24. The first-order valence-corrected chi connectivity index (χ1v) is 16.5. The van der Waals surface area contributed by atoms with Crippen molar-refractivity contribution in [3.05, 3.63) is 48.1 Å². The zero-order valence-corrected chi connectivity index (χ0v) is 27.3. The van der Waals surface area contributed by atoms with E-state index in [4.69, 9.17) is 4.74 Å². The standard InChI is InChI=1S/C38H52O5/c1-22(2)26-15-18-38(23(3)40)20-32(42)36(7)28(33(26)38)13-14-29-35(6)17-16-27(24-9-11-25(12-10-24)43-21-39)34(4,5)30(35)19-31(41)37(29,36)8/h9-12,16,21,26,28-33,41-42H,1,13-15,17-20H2,2-8H3/t26-,28+,29+,30-,31-,32-,33+,35+,36-,37-,38+/m0/s1. The summed E-state index contributed by atoms with van der Waals surface area (Å²) in [6, 6.07) is 7.75. The van der Waals surface area contributed by atoms with Gasteiger partial charge in [-0.2, -0.15) is 0 Å². The minimum absolute atomic E-state index is 0.0478. The van der Waals surface area contributed by atoms with Crippen molar-refractivity contribution in [1.82, 2.24) is 0 Å². The molecule has 5 nitrogen and oxygen atoms in total. The maximum Gasteiger partial charge on any atom is 0.298 e. The number of hydrogen-bond acceptors (Lipinski definition) is 5. The number of carbonyl (C=O) groups is 2. The Bertz CT molecular complexity index is 1360. The molecule has 1 aromatic rings. The van der Waals surface area contributed by atoms with E-state index >= 15 is 0 Å². The van der Waals surface area contributed by atoms with E-state index in [1.165, 1.54) is 5.57 Å². The van der Waals surface area contributed by atoms with Crippen molar-refractivity contribution in [3.8, 4) is 5.75 Å². The molecule has 0 aliphatic heterocycles. The van der Waals surface area contributed by atoms with Crippen LogP contribution in [-0.2, 0) is 9.59 Å². The molecule has 0 bridgehead atoms. The summed E-state index contributed by atoms with van der Waals surface area (Å²) in [4.78, 5) is 24.2. The van der Waals surface area contributed by atoms with Gasteiger partial charge in [0.25, 0.3) is 6.47 Å². The molecule has 6 rings (SSSR count). The minimum Gasteiger partial charge on any atom is -0.429 e. The number of aliphatic hydroxyl groups is 2. The molecular formula is C38H52O5. The van der Waals surface area contributed by atoms with Crippen molar-refractivity contribution in [3.63, 3.8) is 0 Å². The lowest BCUT2D eigenvalue weighted by molar-refractivity contribution is -0.292. The number of allylic oxidation sites excluding steroid dienone is 3. The van der Waals surface area contributed by atoms with Crippen LogP contribution < -0.4 is 4.74 Å². The first kappa shape index (κ1) is 30.8. The third-order valence-electron chi connectivity index (χ3n) is 14.8. The molecule has 1 aromatic carbocycles. The molecule has 5 heteroatoms. The molecule has 4 saturated carbocycles. The molecule has 5 aliphatic carbocycles. The van der Waals surface area contributed by atoms with Gasteiger partial charge in [-0.25, -0.2) is 0 Å². The smallest absolute Gasteiger partial charge is 0.298 e. The SMILES string of the molecule is C=C(C)[C@@H]1CC[C@]2(C(C)=O)C[C@H](O)[C@]3(C)[C@H](CC[C@@H]4[C@@]5(C)CC=C(c6ccc(OC=O)cc6)C(C)(C)[C@@H]5C[C@H](O)[C@]43C)[C@@H]12. The first-order chi connectivity index (χ1) is 20.1. The number of ether oxygens (including phenoxy) is 1. The van der Waals surface area contributed by atoms with Crippen LogP contribution >= 0.6 is 0 Å². The molecular weight excluding hydrogens is 536 g/mol. The summed E-state index contributed by atoms with van der Waals surface area (Å²) >= 11 is 0. The molecule has 234 valence electrons. The van der Waals surface area contributed by atoms with Crippen LogP contribution in [0.15, 0.2) is 42.5 Å². The number of ketones is 1. The van der Waals surface area contributed by atoms with Crippen molar-refractivity contribution in [2.75, 3.05) is 0 Å². The summed E-state index contributed by atoms with van der Waals surface area (Å²) < 4.78 is 5.04. The predicted octanol–water partition coefficient (Wildman–Crippen LogP) is 7.40. The van der Waals surface area contributed by atoms with Gasteiger partial charge in [-0.15, -0.1) is 0 Å². The molecule has 0 amide bonds. The maximum absolute atomic E-state index is 13.4. The summed E-state index contributed by atoms with van der Waals surface area (Å²) in [5.41, 5.74) is 1.85. The van der Waals surface area contributed by atoms with Gasteiger partial charge in [0.2, 0.25) is 0 Å². The maximum atomic E-state index is 13.4. The Morgan fingerprint density at radius 2 is 1.63 bits per heavy atom. The molecule has 4 fully saturated rings. The van der Waals surface area contributed by atoms with Crippen LogP contribution in [0.4, 0.5) is 0 Å². The highest BCUT2D eigenvalue weighted by Gasteiger charge is 2.75. The van der Waals surface area contributed by atoms with Gasteiger partial charge in [-0.3, -0.25) is 9.59 Å². The number of fused-ring (bicyclic) bond motifs is 7. The van der Waals surface area contributed by atoms with Gasteiger partial charge in [0.1, 0.15) is 11.5 Å². The number of carbonyl (C=O) groups excluding carboxylic acids is 2. The van der Waals surface area contributed by atoms with Crippen LogP contribution in [0.3, 0.4) is 0 Å². The minimum atomic E-state index is -0.640. The fraction of sp³-hybridized carbons (Fsp3) is 0.684. The average molecular weight is 589 g/mol. The lowest BCUT2D eigenvalue weighted by Gasteiger charge is -2.74. The second kappa shape index (κ2) is 9.88. The summed E-state index contributed by atoms with van der Waals surface area (Å²) in [5.74, 6) is 1.87. The fourth-order valence-corrected chi connectivity index (χ4v) is 12.6. The highest BCUT2D eigenvalue weighted by Crippen LogP contribution is 2.77. The van der Waals surface area contributed by atoms with Crippen molar-refractivity contribution in [2.45, 2.75) is 106 Å². The molecule has 0 radical (unpaired) electrons. The van der Waals surface area contributed by atoms with Gasteiger partial charge in [0.15, 0.2) is 0 Å².